The highest BCUT2D eigenvalue weighted by Crippen LogP contribution is 2.18. The Morgan fingerprint density at radius 1 is 1.42 bits per heavy atom. The lowest BCUT2D eigenvalue weighted by atomic mass is 10.1. The molecule has 108 valence electrons. The molecule has 6 heteroatoms. The molecule has 0 fully saturated rings. The Morgan fingerprint density at radius 3 is 2.63 bits per heavy atom. The highest BCUT2D eigenvalue weighted by atomic mass is 32.2. The Labute approximate surface area is 114 Å². The van der Waals surface area contributed by atoms with Gasteiger partial charge >= 0.3 is 0 Å². The summed E-state index contributed by atoms with van der Waals surface area (Å²) in [7, 11) is -3.52. The largest absolute Gasteiger partial charge is 0.398 e. The summed E-state index contributed by atoms with van der Waals surface area (Å²) in [5, 5.41) is 9.10. The van der Waals surface area contributed by atoms with Crippen LogP contribution in [0.2, 0.25) is 0 Å². The minimum absolute atomic E-state index is 0.180. The van der Waals surface area contributed by atoms with E-state index in [1.807, 2.05) is 6.92 Å². The number of hydrogen-bond donors (Lipinski definition) is 3. The number of aryl methyl sites for hydroxylation is 1. The first-order valence-corrected chi connectivity index (χ1v) is 7.91. The molecule has 4 N–H and O–H groups in total. The van der Waals surface area contributed by atoms with Crippen LogP contribution in [0.15, 0.2) is 23.1 Å². The Kier molecular flexibility index (Phi) is 5.78. The number of anilines is 1. The number of sulfonamides is 1. The molecule has 0 aliphatic rings. The SMILES string of the molecule is CCc1ccc(S(=O)(=O)NCCCC(C)O)cc1N. The second-order valence-corrected chi connectivity index (χ2v) is 6.37. The Balaban J connectivity index is 2.69. The van der Waals surface area contributed by atoms with Crippen LogP contribution >= 0.6 is 0 Å². The van der Waals surface area contributed by atoms with E-state index in [9.17, 15) is 8.42 Å². The minimum Gasteiger partial charge on any atom is -0.398 e. The van der Waals surface area contributed by atoms with Crippen molar-refractivity contribution < 1.29 is 13.5 Å². The second-order valence-electron chi connectivity index (χ2n) is 4.60. The molecule has 0 radical (unpaired) electrons. The van der Waals surface area contributed by atoms with Crippen molar-refractivity contribution >= 4 is 15.7 Å². The molecule has 0 aliphatic heterocycles. The highest BCUT2D eigenvalue weighted by molar-refractivity contribution is 7.89. The molecule has 5 nitrogen and oxygen atoms in total. The van der Waals surface area contributed by atoms with E-state index < -0.39 is 16.1 Å². The summed E-state index contributed by atoms with van der Waals surface area (Å²) in [4.78, 5) is 0.180. The summed E-state index contributed by atoms with van der Waals surface area (Å²) in [6.07, 6.45) is 1.52. The van der Waals surface area contributed by atoms with E-state index >= 15 is 0 Å². The van der Waals surface area contributed by atoms with Crippen molar-refractivity contribution in [2.24, 2.45) is 0 Å². The van der Waals surface area contributed by atoms with Crippen LogP contribution < -0.4 is 10.5 Å². The van der Waals surface area contributed by atoms with E-state index in [1.165, 1.54) is 6.07 Å². The van der Waals surface area contributed by atoms with Crippen molar-refractivity contribution in [2.75, 3.05) is 12.3 Å². The van der Waals surface area contributed by atoms with Gasteiger partial charge in [-0.05, 0) is 43.9 Å². The maximum absolute atomic E-state index is 12.0. The van der Waals surface area contributed by atoms with Gasteiger partial charge in [0.1, 0.15) is 0 Å². The lowest BCUT2D eigenvalue weighted by Gasteiger charge is -2.10. The lowest BCUT2D eigenvalue weighted by molar-refractivity contribution is 0.182. The number of benzene rings is 1. The molecule has 1 atom stereocenters. The number of nitrogen functional groups attached to an aromatic ring is 1. The smallest absolute Gasteiger partial charge is 0.240 e. The molecule has 0 saturated heterocycles. The molecule has 1 rings (SSSR count). The lowest BCUT2D eigenvalue weighted by Crippen LogP contribution is -2.25. The molecule has 0 spiro atoms. The number of aliphatic hydroxyl groups is 1. The maximum Gasteiger partial charge on any atom is 0.240 e. The van der Waals surface area contributed by atoms with Crippen molar-refractivity contribution in [1.82, 2.24) is 4.72 Å². The average Bonchev–Trinajstić information content (AvgIpc) is 2.34. The predicted octanol–water partition coefficient (Wildman–Crippen LogP) is 1.27. The van der Waals surface area contributed by atoms with E-state index in [-0.39, 0.29) is 4.90 Å². The molecule has 0 amide bonds. The van der Waals surface area contributed by atoms with E-state index in [2.05, 4.69) is 4.72 Å². The standard InChI is InChI=1S/C13H22N2O3S/c1-3-11-6-7-12(9-13(11)14)19(17,18)15-8-4-5-10(2)16/h6-7,9-10,15-16H,3-5,8,14H2,1-2H3. The van der Waals surface area contributed by atoms with Crippen LogP contribution in [-0.4, -0.2) is 26.2 Å². The normalized spacial score (nSPS) is 13.4. The van der Waals surface area contributed by atoms with Crippen molar-refractivity contribution in [3.8, 4) is 0 Å². The van der Waals surface area contributed by atoms with Gasteiger partial charge in [-0.2, -0.15) is 0 Å². The van der Waals surface area contributed by atoms with Gasteiger partial charge in [-0.15, -0.1) is 0 Å². The van der Waals surface area contributed by atoms with Crippen LogP contribution in [0.3, 0.4) is 0 Å². The number of hydrogen-bond acceptors (Lipinski definition) is 4. The molecule has 0 aliphatic carbocycles. The van der Waals surface area contributed by atoms with Crippen LogP contribution in [0.4, 0.5) is 5.69 Å². The zero-order chi connectivity index (χ0) is 14.5. The number of nitrogens with two attached hydrogens (primary N) is 1. The van der Waals surface area contributed by atoms with Gasteiger partial charge in [0.25, 0.3) is 0 Å². The molecular formula is C13H22N2O3S. The van der Waals surface area contributed by atoms with Gasteiger partial charge in [-0.25, -0.2) is 13.1 Å². The van der Waals surface area contributed by atoms with E-state index in [0.29, 0.717) is 25.1 Å². The van der Waals surface area contributed by atoms with E-state index in [4.69, 9.17) is 10.8 Å². The molecule has 0 heterocycles. The molecule has 1 aromatic rings. The number of aliphatic hydroxyl groups excluding tert-OH is 1. The summed E-state index contributed by atoms with van der Waals surface area (Å²) in [6.45, 7) is 3.95. The third kappa shape index (κ3) is 4.81. The average molecular weight is 286 g/mol. The summed E-state index contributed by atoms with van der Waals surface area (Å²) >= 11 is 0. The molecule has 1 unspecified atom stereocenters. The molecule has 0 aromatic heterocycles. The minimum atomic E-state index is -3.52. The second kappa shape index (κ2) is 6.88. The molecule has 19 heavy (non-hydrogen) atoms. The first-order valence-electron chi connectivity index (χ1n) is 6.43. The third-order valence-corrected chi connectivity index (χ3v) is 4.36. The van der Waals surface area contributed by atoms with Crippen molar-refractivity contribution in [3.05, 3.63) is 23.8 Å². The van der Waals surface area contributed by atoms with Gasteiger partial charge < -0.3 is 10.8 Å². The third-order valence-electron chi connectivity index (χ3n) is 2.90. The summed E-state index contributed by atoms with van der Waals surface area (Å²) in [5.41, 5.74) is 7.23. The van der Waals surface area contributed by atoms with Gasteiger partial charge in [0.2, 0.25) is 10.0 Å². The fourth-order valence-electron chi connectivity index (χ4n) is 1.75. The van der Waals surface area contributed by atoms with Crippen LogP contribution in [0, 0.1) is 0 Å². The quantitative estimate of drug-likeness (QED) is 0.520. The van der Waals surface area contributed by atoms with E-state index in [0.717, 1.165) is 12.0 Å². The Hall–Kier alpha value is -1.11. The molecule has 0 bridgehead atoms. The molecule has 1 aromatic carbocycles. The van der Waals surface area contributed by atoms with Crippen LogP contribution in [-0.2, 0) is 16.4 Å². The van der Waals surface area contributed by atoms with E-state index in [1.54, 1.807) is 19.1 Å². The number of rotatable bonds is 7. The summed E-state index contributed by atoms with van der Waals surface area (Å²) < 4.78 is 26.5. The van der Waals surface area contributed by atoms with Gasteiger partial charge in [-0.1, -0.05) is 13.0 Å². The van der Waals surface area contributed by atoms with Crippen molar-refractivity contribution in [2.45, 2.75) is 44.1 Å². The van der Waals surface area contributed by atoms with Crippen molar-refractivity contribution in [3.63, 3.8) is 0 Å². The fourth-order valence-corrected chi connectivity index (χ4v) is 2.86. The highest BCUT2D eigenvalue weighted by Gasteiger charge is 2.14. The number of nitrogens with one attached hydrogen (secondary N) is 1. The van der Waals surface area contributed by atoms with Gasteiger partial charge in [-0.3, -0.25) is 0 Å². The monoisotopic (exact) mass is 286 g/mol. The fraction of sp³-hybridized carbons (Fsp3) is 0.538. The predicted molar refractivity (Wildman–Crippen MR) is 76.3 cm³/mol. The zero-order valence-electron chi connectivity index (χ0n) is 11.4. The van der Waals surface area contributed by atoms with Gasteiger partial charge in [0.15, 0.2) is 0 Å². The van der Waals surface area contributed by atoms with Crippen LogP contribution in [0.1, 0.15) is 32.3 Å². The van der Waals surface area contributed by atoms with Gasteiger partial charge in [0.05, 0.1) is 11.0 Å². The van der Waals surface area contributed by atoms with Crippen LogP contribution in [0.5, 0.6) is 0 Å². The maximum atomic E-state index is 12.0. The Morgan fingerprint density at radius 2 is 2.11 bits per heavy atom. The summed E-state index contributed by atoms with van der Waals surface area (Å²) in [5.74, 6) is 0. The topological polar surface area (TPSA) is 92.4 Å². The Bertz CT molecular complexity index is 513. The molecular weight excluding hydrogens is 264 g/mol. The summed E-state index contributed by atoms with van der Waals surface area (Å²) in [6, 6.07) is 4.78. The first kappa shape index (κ1) is 15.9. The first-order chi connectivity index (χ1) is 8.86. The van der Waals surface area contributed by atoms with Crippen LogP contribution in [0.25, 0.3) is 0 Å². The van der Waals surface area contributed by atoms with Gasteiger partial charge in [0, 0.05) is 12.2 Å². The van der Waals surface area contributed by atoms with Crippen molar-refractivity contribution in [1.29, 1.82) is 0 Å². The molecule has 0 saturated carbocycles. The zero-order valence-corrected chi connectivity index (χ0v) is 12.2.